The predicted molar refractivity (Wildman–Crippen MR) is 55.5 cm³/mol. The van der Waals surface area contributed by atoms with Crippen molar-refractivity contribution in [3.63, 3.8) is 0 Å². The highest BCUT2D eigenvalue weighted by Gasteiger charge is 2.38. The van der Waals surface area contributed by atoms with Crippen molar-refractivity contribution < 1.29 is 0 Å². The van der Waals surface area contributed by atoms with Gasteiger partial charge in [0.15, 0.2) is 0 Å². The van der Waals surface area contributed by atoms with Crippen molar-refractivity contribution in [3.8, 4) is 0 Å². The molecule has 0 amide bonds. The Labute approximate surface area is 81.3 Å². The van der Waals surface area contributed by atoms with Crippen LogP contribution in [0.25, 0.3) is 0 Å². The van der Waals surface area contributed by atoms with Gasteiger partial charge in [-0.05, 0) is 50.5 Å². The van der Waals surface area contributed by atoms with Crippen LogP contribution in [-0.4, -0.2) is 19.1 Å². The van der Waals surface area contributed by atoms with Crippen molar-refractivity contribution in [2.24, 2.45) is 23.5 Å². The highest BCUT2D eigenvalue weighted by molar-refractivity contribution is 4.91. The summed E-state index contributed by atoms with van der Waals surface area (Å²) in [5.41, 5.74) is 5.57. The Morgan fingerprint density at radius 3 is 2.77 bits per heavy atom. The van der Waals surface area contributed by atoms with Crippen LogP contribution in [0.15, 0.2) is 0 Å². The van der Waals surface area contributed by atoms with Crippen LogP contribution in [0.5, 0.6) is 0 Å². The van der Waals surface area contributed by atoms with Gasteiger partial charge >= 0.3 is 0 Å². The van der Waals surface area contributed by atoms with Crippen molar-refractivity contribution in [2.45, 2.75) is 38.6 Å². The van der Waals surface area contributed by atoms with Gasteiger partial charge in [0.2, 0.25) is 0 Å². The van der Waals surface area contributed by atoms with E-state index in [1.165, 1.54) is 32.2 Å². The first kappa shape index (κ1) is 9.47. The number of fused-ring (bicyclic) bond motifs is 2. The van der Waals surface area contributed by atoms with E-state index in [9.17, 15) is 0 Å². The van der Waals surface area contributed by atoms with Gasteiger partial charge in [0.05, 0.1) is 0 Å². The SMILES string of the molecule is CC(CN)NCC1CC2CCC1C2. The van der Waals surface area contributed by atoms with Crippen molar-refractivity contribution >= 4 is 0 Å². The van der Waals surface area contributed by atoms with Crippen LogP contribution in [0, 0.1) is 17.8 Å². The fraction of sp³-hybridized carbons (Fsp3) is 1.00. The summed E-state index contributed by atoms with van der Waals surface area (Å²) in [4.78, 5) is 0. The molecule has 0 spiro atoms. The van der Waals surface area contributed by atoms with Crippen molar-refractivity contribution in [1.29, 1.82) is 0 Å². The third-order valence-electron chi connectivity index (χ3n) is 3.97. The largest absolute Gasteiger partial charge is 0.329 e. The standard InChI is InChI=1S/C11H22N2/c1-8(6-12)13-7-11-5-9-2-3-10(11)4-9/h8-11,13H,2-7,12H2,1H3. The first-order valence-corrected chi connectivity index (χ1v) is 5.73. The van der Waals surface area contributed by atoms with Crippen molar-refractivity contribution in [2.75, 3.05) is 13.1 Å². The number of nitrogens with two attached hydrogens (primary N) is 1. The zero-order chi connectivity index (χ0) is 9.26. The molecule has 4 atom stereocenters. The van der Waals surface area contributed by atoms with Gasteiger partial charge in [0.1, 0.15) is 0 Å². The van der Waals surface area contributed by atoms with Crippen LogP contribution in [0.2, 0.25) is 0 Å². The van der Waals surface area contributed by atoms with E-state index in [1.54, 1.807) is 0 Å². The van der Waals surface area contributed by atoms with Crippen molar-refractivity contribution in [1.82, 2.24) is 5.32 Å². The Bertz CT molecular complexity index is 169. The van der Waals surface area contributed by atoms with E-state index < -0.39 is 0 Å². The van der Waals surface area contributed by atoms with Crippen molar-refractivity contribution in [3.05, 3.63) is 0 Å². The second-order valence-corrected chi connectivity index (χ2v) is 4.98. The van der Waals surface area contributed by atoms with E-state index in [0.29, 0.717) is 6.04 Å². The summed E-state index contributed by atoms with van der Waals surface area (Å²) in [6, 6.07) is 0.499. The van der Waals surface area contributed by atoms with Gasteiger partial charge in [-0.1, -0.05) is 6.42 Å². The molecule has 0 radical (unpaired) electrons. The van der Waals surface area contributed by atoms with Gasteiger partial charge < -0.3 is 11.1 Å². The molecular formula is C11H22N2. The molecule has 0 aromatic carbocycles. The summed E-state index contributed by atoms with van der Waals surface area (Å²) in [5.74, 6) is 3.08. The van der Waals surface area contributed by atoms with Gasteiger partial charge in [0.25, 0.3) is 0 Å². The molecule has 2 aliphatic rings. The summed E-state index contributed by atoms with van der Waals surface area (Å²) < 4.78 is 0. The number of nitrogens with one attached hydrogen (secondary N) is 1. The van der Waals surface area contributed by atoms with E-state index in [1.807, 2.05) is 0 Å². The minimum absolute atomic E-state index is 0.499. The fourth-order valence-corrected chi connectivity index (χ4v) is 3.06. The molecule has 2 bridgehead atoms. The minimum atomic E-state index is 0.499. The highest BCUT2D eigenvalue weighted by atomic mass is 14.9. The van der Waals surface area contributed by atoms with E-state index in [2.05, 4.69) is 12.2 Å². The molecule has 13 heavy (non-hydrogen) atoms. The molecule has 76 valence electrons. The molecule has 0 aromatic rings. The number of hydrogen-bond acceptors (Lipinski definition) is 2. The molecule has 0 heterocycles. The van der Waals surface area contributed by atoms with Gasteiger partial charge in [-0.3, -0.25) is 0 Å². The monoisotopic (exact) mass is 182 g/mol. The lowest BCUT2D eigenvalue weighted by molar-refractivity contribution is 0.309. The zero-order valence-corrected chi connectivity index (χ0v) is 8.63. The average Bonchev–Trinajstić information content (AvgIpc) is 2.74. The molecule has 2 nitrogen and oxygen atoms in total. The first-order valence-electron chi connectivity index (χ1n) is 5.73. The molecule has 2 aliphatic carbocycles. The molecule has 4 unspecified atom stereocenters. The number of rotatable bonds is 4. The molecule has 0 aromatic heterocycles. The van der Waals surface area contributed by atoms with Gasteiger partial charge in [-0.15, -0.1) is 0 Å². The third-order valence-corrected chi connectivity index (χ3v) is 3.97. The first-order chi connectivity index (χ1) is 6.29. The van der Waals surface area contributed by atoms with E-state index in [-0.39, 0.29) is 0 Å². The normalized spacial score (nSPS) is 39.7. The summed E-state index contributed by atoms with van der Waals surface area (Å²) in [5, 5.41) is 3.53. The molecule has 2 rings (SSSR count). The summed E-state index contributed by atoms with van der Waals surface area (Å²) in [6.07, 6.45) is 6.00. The molecule has 3 N–H and O–H groups in total. The zero-order valence-electron chi connectivity index (χ0n) is 8.63. The lowest BCUT2D eigenvalue weighted by atomic mass is 9.89. The molecule has 2 saturated carbocycles. The molecule has 2 heteroatoms. The number of hydrogen-bond donors (Lipinski definition) is 2. The lowest BCUT2D eigenvalue weighted by Crippen LogP contribution is -2.37. The third kappa shape index (κ3) is 2.05. The van der Waals surface area contributed by atoms with E-state index >= 15 is 0 Å². The fourth-order valence-electron chi connectivity index (χ4n) is 3.06. The quantitative estimate of drug-likeness (QED) is 0.689. The van der Waals surface area contributed by atoms with Crippen LogP contribution < -0.4 is 11.1 Å². The van der Waals surface area contributed by atoms with Crippen LogP contribution in [0.1, 0.15) is 32.6 Å². The van der Waals surface area contributed by atoms with Gasteiger partial charge in [-0.2, -0.15) is 0 Å². The molecule has 0 aliphatic heterocycles. The molecule has 0 saturated heterocycles. The van der Waals surface area contributed by atoms with E-state index in [4.69, 9.17) is 5.73 Å². The molecule has 2 fully saturated rings. The maximum absolute atomic E-state index is 5.57. The summed E-state index contributed by atoms with van der Waals surface area (Å²) in [7, 11) is 0. The maximum Gasteiger partial charge on any atom is 0.0162 e. The Kier molecular flexibility index (Phi) is 2.89. The van der Waals surface area contributed by atoms with Gasteiger partial charge in [0, 0.05) is 12.6 Å². The minimum Gasteiger partial charge on any atom is -0.329 e. The Balaban J connectivity index is 1.71. The Morgan fingerprint density at radius 2 is 2.23 bits per heavy atom. The predicted octanol–water partition coefficient (Wildman–Crippen LogP) is 1.36. The summed E-state index contributed by atoms with van der Waals surface area (Å²) >= 11 is 0. The Hall–Kier alpha value is -0.0800. The topological polar surface area (TPSA) is 38.0 Å². The lowest BCUT2D eigenvalue weighted by Gasteiger charge is -2.23. The van der Waals surface area contributed by atoms with Crippen LogP contribution in [0.4, 0.5) is 0 Å². The highest BCUT2D eigenvalue weighted by Crippen LogP contribution is 2.47. The van der Waals surface area contributed by atoms with E-state index in [0.717, 1.165) is 24.3 Å². The van der Waals surface area contributed by atoms with Crippen LogP contribution in [0.3, 0.4) is 0 Å². The average molecular weight is 182 g/mol. The maximum atomic E-state index is 5.57. The van der Waals surface area contributed by atoms with Crippen LogP contribution >= 0.6 is 0 Å². The molecular weight excluding hydrogens is 160 g/mol. The van der Waals surface area contributed by atoms with Gasteiger partial charge in [-0.25, -0.2) is 0 Å². The second-order valence-electron chi connectivity index (χ2n) is 4.98. The summed E-state index contributed by atoms with van der Waals surface area (Å²) in [6.45, 7) is 4.15. The Morgan fingerprint density at radius 1 is 1.38 bits per heavy atom. The smallest absolute Gasteiger partial charge is 0.0162 e. The second kappa shape index (κ2) is 3.97. The van der Waals surface area contributed by atoms with Crippen LogP contribution in [-0.2, 0) is 0 Å².